The normalized spacial score (nSPS) is 22.4. The molecule has 24 heavy (non-hydrogen) atoms. The number of carbonyl (C=O) groups excluding carboxylic acids is 1. The number of nitrogens with two attached hydrogens (primary N) is 1. The fraction of sp³-hybridized carbons (Fsp3) is 0.412. The predicted octanol–water partition coefficient (Wildman–Crippen LogP) is 1.69. The zero-order chi connectivity index (χ0) is 16.8. The van der Waals surface area contributed by atoms with Gasteiger partial charge < -0.3 is 16.2 Å². The summed E-state index contributed by atoms with van der Waals surface area (Å²) in [7, 11) is 0. The van der Waals surface area contributed by atoms with E-state index in [1.807, 2.05) is 0 Å². The maximum absolute atomic E-state index is 13.6. The third-order valence-corrected chi connectivity index (χ3v) is 4.92. The standard InChI is InChI=1S/C17H19FN4O2/c18-9-1-3-14-12(7-9)11(5-6-20-14)17(24)22-15-4-2-10(23)8-13(15)16(19)21-22/h1,3,7,10-11,20,23H,2,4-6,8H2,(H2,19,21)/t10-,11?/m0/s1. The summed E-state index contributed by atoms with van der Waals surface area (Å²) in [6, 6.07) is 4.45. The summed E-state index contributed by atoms with van der Waals surface area (Å²) in [6.07, 6.45) is 1.70. The van der Waals surface area contributed by atoms with Crippen molar-refractivity contribution in [1.82, 2.24) is 9.78 Å². The molecule has 1 aliphatic heterocycles. The van der Waals surface area contributed by atoms with Crippen molar-refractivity contribution in [3.63, 3.8) is 0 Å². The fourth-order valence-electron chi connectivity index (χ4n) is 3.70. The number of aliphatic hydroxyl groups is 1. The zero-order valence-corrected chi connectivity index (χ0v) is 13.1. The van der Waals surface area contributed by atoms with E-state index in [4.69, 9.17) is 5.73 Å². The van der Waals surface area contributed by atoms with Gasteiger partial charge in [-0.15, -0.1) is 5.10 Å². The van der Waals surface area contributed by atoms with E-state index in [2.05, 4.69) is 10.4 Å². The summed E-state index contributed by atoms with van der Waals surface area (Å²) in [5, 5.41) is 17.2. The van der Waals surface area contributed by atoms with Crippen molar-refractivity contribution in [3.05, 3.63) is 40.8 Å². The third-order valence-electron chi connectivity index (χ3n) is 4.92. The molecule has 2 heterocycles. The molecule has 0 radical (unpaired) electrons. The summed E-state index contributed by atoms with van der Waals surface area (Å²) in [5.41, 5.74) is 8.92. The quantitative estimate of drug-likeness (QED) is 0.740. The number of hydrogen-bond donors (Lipinski definition) is 3. The molecule has 4 rings (SSSR count). The van der Waals surface area contributed by atoms with Gasteiger partial charge in [0.25, 0.3) is 5.91 Å². The first-order valence-corrected chi connectivity index (χ1v) is 8.16. The molecule has 1 aromatic heterocycles. The second kappa shape index (κ2) is 5.59. The Morgan fingerprint density at radius 1 is 1.42 bits per heavy atom. The van der Waals surface area contributed by atoms with Gasteiger partial charge in [-0.1, -0.05) is 0 Å². The van der Waals surface area contributed by atoms with E-state index in [1.54, 1.807) is 6.07 Å². The topological polar surface area (TPSA) is 93.2 Å². The van der Waals surface area contributed by atoms with Crippen LogP contribution in [-0.4, -0.2) is 33.4 Å². The molecule has 2 aromatic rings. The van der Waals surface area contributed by atoms with Crippen molar-refractivity contribution in [1.29, 1.82) is 0 Å². The molecule has 1 aliphatic carbocycles. The predicted molar refractivity (Wildman–Crippen MR) is 87.5 cm³/mol. The minimum atomic E-state index is -0.452. The van der Waals surface area contributed by atoms with Crippen LogP contribution in [0.5, 0.6) is 0 Å². The Kier molecular flexibility index (Phi) is 3.53. The lowest BCUT2D eigenvalue weighted by molar-refractivity contribution is 0.0848. The highest BCUT2D eigenvalue weighted by molar-refractivity contribution is 5.89. The first-order valence-electron chi connectivity index (χ1n) is 8.16. The lowest BCUT2D eigenvalue weighted by Gasteiger charge is -2.26. The van der Waals surface area contributed by atoms with E-state index in [0.29, 0.717) is 43.6 Å². The summed E-state index contributed by atoms with van der Waals surface area (Å²) in [6.45, 7) is 0.646. The monoisotopic (exact) mass is 330 g/mol. The molecule has 1 unspecified atom stereocenters. The summed E-state index contributed by atoms with van der Waals surface area (Å²) < 4.78 is 15.0. The Hall–Kier alpha value is -2.41. The number of nitrogen functional groups attached to an aromatic ring is 1. The molecule has 2 atom stereocenters. The van der Waals surface area contributed by atoms with Crippen LogP contribution in [0.25, 0.3) is 0 Å². The van der Waals surface area contributed by atoms with E-state index in [0.717, 1.165) is 16.9 Å². The molecule has 6 nitrogen and oxygen atoms in total. The molecule has 126 valence electrons. The third kappa shape index (κ3) is 2.36. The molecule has 2 aliphatic rings. The van der Waals surface area contributed by atoms with Crippen LogP contribution in [0.4, 0.5) is 15.9 Å². The van der Waals surface area contributed by atoms with Crippen LogP contribution in [0.3, 0.4) is 0 Å². The minimum absolute atomic E-state index is 0.187. The average molecular weight is 330 g/mol. The van der Waals surface area contributed by atoms with Crippen LogP contribution in [0.2, 0.25) is 0 Å². The van der Waals surface area contributed by atoms with Gasteiger partial charge in [0.2, 0.25) is 0 Å². The maximum atomic E-state index is 13.6. The Labute approximate surface area is 138 Å². The van der Waals surface area contributed by atoms with Gasteiger partial charge in [0.15, 0.2) is 0 Å². The highest BCUT2D eigenvalue weighted by Gasteiger charge is 2.33. The van der Waals surface area contributed by atoms with Gasteiger partial charge in [-0.05, 0) is 43.0 Å². The van der Waals surface area contributed by atoms with Crippen molar-refractivity contribution >= 4 is 17.4 Å². The van der Waals surface area contributed by atoms with E-state index >= 15 is 0 Å². The molecular formula is C17H19FN4O2. The number of nitrogens with one attached hydrogen (secondary N) is 1. The number of carbonyl (C=O) groups is 1. The smallest absolute Gasteiger partial charge is 0.254 e. The second-order valence-corrected chi connectivity index (χ2v) is 6.46. The Balaban J connectivity index is 1.74. The van der Waals surface area contributed by atoms with Crippen LogP contribution < -0.4 is 11.1 Å². The largest absolute Gasteiger partial charge is 0.393 e. The maximum Gasteiger partial charge on any atom is 0.254 e. The van der Waals surface area contributed by atoms with E-state index in [9.17, 15) is 14.3 Å². The van der Waals surface area contributed by atoms with Gasteiger partial charge >= 0.3 is 0 Å². The van der Waals surface area contributed by atoms with Crippen LogP contribution in [-0.2, 0) is 12.8 Å². The minimum Gasteiger partial charge on any atom is -0.393 e. The van der Waals surface area contributed by atoms with E-state index in [-0.39, 0.29) is 11.7 Å². The van der Waals surface area contributed by atoms with Gasteiger partial charge in [-0.2, -0.15) is 0 Å². The number of hydrogen-bond acceptors (Lipinski definition) is 5. The van der Waals surface area contributed by atoms with Crippen molar-refractivity contribution in [3.8, 4) is 0 Å². The highest BCUT2D eigenvalue weighted by atomic mass is 19.1. The van der Waals surface area contributed by atoms with Crippen LogP contribution in [0.15, 0.2) is 18.2 Å². The average Bonchev–Trinajstić information content (AvgIpc) is 2.90. The number of rotatable bonds is 1. The van der Waals surface area contributed by atoms with Crippen LogP contribution >= 0.6 is 0 Å². The lowest BCUT2D eigenvalue weighted by atomic mass is 9.89. The summed E-state index contributed by atoms with van der Waals surface area (Å²) in [5.74, 6) is -0.703. The molecule has 7 heteroatoms. The zero-order valence-electron chi connectivity index (χ0n) is 13.1. The van der Waals surface area contributed by atoms with Crippen molar-refractivity contribution in [2.45, 2.75) is 37.7 Å². The molecule has 0 fully saturated rings. The van der Waals surface area contributed by atoms with Crippen molar-refractivity contribution < 1.29 is 14.3 Å². The van der Waals surface area contributed by atoms with Crippen LogP contribution in [0, 0.1) is 5.82 Å². The first kappa shape index (κ1) is 15.1. The number of aromatic nitrogens is 2. The summed E-state index contributed by atoms with van der Waals surface area (Å²) >= 11 is 0. The number of aliphatic hydroxyl groups excluding tert-OH is 1. The number of anilines is 2. The fourth-order valence-corrected chi connectivity index (χ4v) is 3.70. The Morgan fingerprint density at radius 2 is 2.25 bits per heavy atom. The molecule has 0 saturated heterocycles. The molecule has 0 spiro atoms. The molecule has 0 amide bonds. The van der Waals surface area contributed by atoms with E-state index < -0.39 is 12.0 Å². The molecule has 1 aromatic carbocycles. The van der Waals surface area contributed by atoms with Gasteiger partial charge in [-0.3, -0.25) is 4.79 Å². The molecule has 0 saturated carbocycles. The number of halogens is 1. The summed E-state index contributed by atoms with van der Waals surface area (Å²) in [4.78, 5) is 13.1. The highest BCUT2D eigenvalue weighted by Crippen LogP contribution is 2.35. The number of fused-ring (bicyclic) bond motifs is 2. The van der Waals surface area contributed by atoms with Gasteiger partial charge in [0.05, 0.1) is 17.7 Å². The lowest BCUT2D eigenvalue weighted by Crippen LogP contribution is -2.30. The molecule has 4 N–H and O–H groups in total. The van der Waals surface area contributed by atoms with Crippen LogP contribution in [0.1, 0.15) is 40.4 Å². The molecular weight excluding hydrogens is 311 g/mol. The van der Waals surface area contributed by atoms with Crippen molar-refractivity contribution in [2.24, 2.45) is 0 Å². The Bertz CT molecular complexity index is 817. The number of nitrogens with zero attached hydrogens (tertiary/aromatic N) is 2. The van der Waals surface area contributed by atoms with Gasteiger partial charge in [-0.25, -0.2) is 9.07 Å². The first-order chi connectivity index (χ1) is 11.5. The SMILES string of the molecule is Nc1nn(C(=O)C2CCNc3ccc(F)cc32)c2c1C[C@@H](O)CC2. The second-order valence-electron chi connectivity index (χ2n) is 6.46. The van der Waals surface area contributed by atoms with Crippen molar-refractivity contribution in [2.75, 3.05) is 17.6 Å². The van der Waals surface area contributed by atoms with Gasteiger partial charge in [0, 0.05) is 24.2 Å². The van der Waals surface area contributed by atoms with E-state index in [1.165, 1.54) is 16.8 Å². The Morgan fingerprint density at radius 3 is 3.08 bits per heavy atom. The van der Waals surface area contributed by atoms with Gasteiger partial charge in [0.1, 0.15) is 11.6 Å². The number of benzene rings is 1. The molecule has 0 bridgehead atoms.